The lowest BCUT2D eigenvalue weighted by atomic mass is 10.1. The zero-order valence-corrected chi connectivity index (χ0v) is 24.3. The minimum absolute atomic E-state index is 0.356. The van der Waals surface area contributed by atoms with Gasteiger partial charge in [-0.05, 0) is 82.0 Å². The Morgan fingerprint density at radius 3 is 2.63 bits per heavy atom. The van der Waals surface area contributed by atoms with Crippen molar-refractivity contribution in [1.29, 1.82) is 0 Å². The van der Waals surface area contributed by atoms with Crippen LogP contribution in [-0.2, 0) is 6.54 Å². The standard InChI is InChI=1S/C33H33FN8O/c1-41(2)20-21-11-23(18-35-17-21)29-15-27-31(19-37-29)39-40-33(27)30-16-26-28(38-30)5-6-36-32(26)22-12-24(34)14-25(13-22)43-10-9-42-7-3-4-8-42/h5-6,11-19,38H,3-4,7-10,20H2,1-2H3,(H,39,40). The van der Waals surface area contributed by atoms with E-state index in [0.717, 1.165) is 76.2 Å². The number of aromatic amines is 2. The van der Waals surface area contributed by atoms with Crippen molar-refractivity contribution in [3.05, 3.63) is 78.6 Å². The zero-order valence-electron chi connectivity index (χ0n) is 24.3. The third kappa shape index (κ3) is 5.71. The molecule has 6 heterocycles. The summed E-state index contributed by atoms with van der Waals surface area (Å²) in [6.07, 6.45) is 9.70. The van der Waals surface area contributed by atoms with E-state index in [-0.39, 0.29) is 5.82 Å². The fourth-order valence-corrected chi connectivity index (χ4v) is 5.85. The van der Waals surface area contributed by atoms with Gasteiger partial charge in [0.05, 0.1) is 28.8 Å². The van der Waals surface area contributed by atoms with E-state index in [9.17, 15) is 4.39 Å². The van der Waals surface area contributed by atoms with Crippen molar-refractivity contribution in [2.24, 2.45) is 0 Å². The number of halogens is 1. The number of benzene rings is 1. The summed E-state index contributed by atoms with van der Waals surface area (Å²) in [5.41, 5.74) is 7.52. The number of H-pyrrole nitrogens is 2. The molecule has 0 radical (unpaired) electrons. The molecule has 9 nitrogen and oxygen atoms in total. The van der Waals surface area contributed by atoms with Gasteiger partial charge in [0.2, 0.25) is 0 Å². The molecule has 6 aromatic rings. The minimum atomic E-state index is -0.356. The first kappa shape index (κ1) is 27.2. The highest BCUT2D eigenvalue weighted by atomic mass is 19.1. The highest BCUT2D eigenvalue weighted by molar-refractivity contribution is 6.00. The lowest BCUT2D eigenvalue weighted by Crippen LogP contribution is -2.25. The summed E-state index contributed by atoms with van der Waals surface area (Å²) in [5.74, 6) is 0.150. The summed E-state index contributed by atoms with van der Waals surface area (Å²) in [6, 6.07) is 12.9. The Morgan fingerprint density at radius 2 is 1.77 bits per heavy atom. The maximum Gasteiger partial charge on any atom is 0.127 e. The number of rotatable bonds is 9. The van der Waals surface area contributed by atoms with Crippen LogP contribution in [0.25, 0.3) is 55.7 Å². The lowest BCUT2D eigenvalue weighted by Gasteiger charge is -2.15. The fraction of sp³-hybridized carbons (Fsp3) is 0.273. The number of fused-ring (bicyclic) bond motifs is 2. The van der Waals surface area contributed by atoms with Crippen molar-refractivity contribution < 1.29 is 9.13 Å². The monoisotopic (exact) mass is 576 g/mol. The van der Waals surface area contributed by atoms with Gasteiger partial charge >= 0.3 is 0 Å². The lowest BCUT2D eigenvalue weighted by molar-refractivity contribution is 0.237. The molecule has 1 aromatic carbocycles. The Morgan fingerprint density at radius 1 is 0.907 bits per heavy atom. The van der Waals surface area contributed by atoms with Crippen LogP contribution < -0.4 is 4.74 Å². The van der Waals surface area contributed by atoms with Crippen molar-refractivity contribution >= 4 is 21.8 Å². The molecule has 5 aromatic heterocycles. The number of nitrogens with zero attached hydrogens (tertiary/aromatic N) is 6. The molecule has 0 saturated carbocycles. The molecule has 0 aliphatic carbocycles. The first-order valence-electron chi connectivity index (χ1n) is 14.6. The number of pyridine rings is 3. The number of hydrogen-bond acceptors (Lipinski definition) is 7. The van der Waals surface area contributed by atoms with Gasteiger partial charge in [0.15, 0.2) is 0 Å². The summed E-state index contributed by atoms with van der Waals surface area (Å²) < 4.78 is 20.7. The second kappa shape index (κ2) is 11.5. The Labute approximate surface area is 248 Å². The van der Waals surface area contributed by atoms with Crippen molar-refractivity contribution in [1.82, 2.24) is 39.9 Å². The van der Waals surface area contributed by atoms with Gasteiger partial charge in [-0.3, -0.25) is 25.0 Å². The fourth-order valence-electron chi connectivity index (χ4n) is 5.85. The summed E-state index contributed by atoms with van der Waals surface area (Å²) in [7, 11) is 4.07. The van der Waals surface area contributed by atoms with E-state index in [4.69, 9.17) is 4.74 Å². The molecule has 0 amide bonds. The number of ether oxygens (including phenoxy) is 1. The minimum Gasteiger partial charge on any atom is -0.492 e. The van der Waals surface area contributed by atoms with E-state index in [2.05, 4.69) is 46.0 Å². The van der Waals surface area contributed by atoms with Crippen LogP contribution in [0.3, 0.4) is 0 Å². The van der Waals surface area contributed by atoms with E-state index in [1.807, 2.05) is 50.8 Å². The summed E-state index contributed by atoms with van der Waals surface area (Å²) >= 11 is 0. The molecule has 10 heteroatoms. The second-order valence-electron chi connectivity index (χ2n) is 11.4. The predicted molar refractivity (Wildman–Crippen MR) is 166 cm³/mol. The highest BCUT2D eigenvalue weighted by Gasteiger charge is 2.17. The first-order valence-corrected chi connectivity index (χ1v) is 14.6. The van der Waals surface area contributed by atoms with Crippen molar-refractivity contribution in [2.45, 2.75) is 19.4 Å². The van der Waals surface area contributed by atoms with Crippen molar-refractivity contribution in [2.75, 3.05) is 40.3 Å². The Balaban J connectivity index is 1.21. The van der Waals surface area contributed by atoms with Crippen LogP contribution in [0.4, 0.5) is 4.39 Å². The van der Waals surface area contributed by atoms with Gasteiger partial charge in [-0.15, -0.1) is 0 Å². The van der Waals surface area contributed by atoms with Crippen LogP contribution in [-0.4, -0.2) is 80.3 Å². The molecule has 43 heavy (non-hydrogen) atoms. The van der Waals surface area contributed by atoms with E-state index in [1.165, 1.54) is 25.0 Å². The summed E-state index contributed by atoms with van der Waals surface area (Å²) in [6.45, 7) is 4.36. The molecule has 1 fully saturated rings. The van der Waals surface area contributed by atoms with Gasteiger partial charge in [-0.25, -0.2) is 4.39 Å². The number of aromatic nitrogens is 6. The van der Waals surface area contributed by atoms with E-state index in [0.29, 0.717) is 23.6 Å². The molecule has 0 bridgehead atoms. The van der Waals surface area contributed by atoms with Crippen LogP contribution in [0.1, 0.15) is 18.4 Å². The maximum atomic E-state index is 14.8. The molecule has 2 N–H and O–H groups in total. The van der Waals surface area contributed by atoms with Gasteiger partial charge in [-0.2, -0.15) is 5.10 Å². The van der Waals surface area contributed by atoms with E-state index >= 15 is 0 Å². The number of nitrogens with one attached hydrogen (secondary N) is 2. The molecule has 0 unspecified atom stereocenters. The van der Waals surface area contributed by atoms with E-state index < -0.39 is 0 Å². The van der Waals surface area contributed by atoms with E-state index in [1.54, 1.807) is 12.4 Å². The quantitative estimate of drug-likeness (QED) is 0.221. The molecule has 7 rings (SSSR count). The molecule has 1 aliphatic rings. The van der Waals surface area contributed by atoms with Crippen LogP contribution in [0.2, 0.25) is 0 Å². The molecule has 0 spiro atoms. The molecule has 0 atom stereocenters. The normalized spacial score (nSPS) is 14.0. The second-order valence-corrected chi connectivity index (χ2v) is 11.4. The van der Waals surface area contributed by atoms with Crippen LogP contribution in [0, 0.1) is 5.82 Å². The molecular weight excluding hydrogens is 543 g/mol. The summed E-state index contributed by atoms with van der Waals surface area (Å²) in [4.78, 5) is 21.7. The number of likely N-dealkylation sites (tertiary alicyclic amines) is 1. The van der Waals surface area contributed by atoms with Crippen LogP contribution >= 0.6 is 0 Å². The summed E-state index contributed by atoms with van der Waals surface area (Å²) in [5, 5.41) is 9.54. The first-order chi connectivity index (χ1) is 21.0. The molecule has 1 aliphatic heterocycles. The largest absolute Gasteiger partial charge is 0.492 e. The van der Waals surface area contributed by atoms with Crippen molar-refractivity contribution in [3.8, 4) is 39.7 Å². The van der Waals surface area contributed by atoms with Crippen LogP contribution in [0.5, 0.6) is 5.75 Å². The average molecular weight is 577 g/mol. The third-order valence-electron chi connectivity index (χ3n) is 7.86. The Bertz CT molecular complexity index is 1910. The predicted octanol–water partition coefficient (Wildman–Crippen LogP) is 5.91. The highest BCUT2D eigenvalue weighted by Crippen LogP contribution is 2.35. The molecular formula is C33H33FN8O. The van der Waals surface area contributed by atoms with Gasteiger partial charge in [0.1, 0.15) is 23.9 Å². The Kier molecular flexibility index (Phi) is 7.30. The van der Waals surface area contributed by atoms with Gasteiger partial charge in [0, 0.05) is 65.2 Å². The van der Waals surface area contributed by atoms with Gasteiger partial charge < -0.3 is 14.6 Å². The van der Waals surface area contributed by atoms with Crippen LogP contribution in [0.15, 0.2) is 67.3 Å². The smallest absolute Gasteiger partial charge is 0.127 e. The molecule has 218 valence electrons. The Hall–Kier alpha value is -4.67. The zero-order chi connectivity index (χ0) is 29.3. The van der Waals surface area contributed by atoms with Crippen molar-refractivity contribution in [3.63, 3.8) is 0 Å². The molecule has 1 saturated heterocycles. The average Bonchev–Trinajstić information content (AvgIpc) is 3.76. The van der Waals surface area contributed by atoms with Gasteiger partial charge in [0.25, 0.3) is 0 Å². The SMILES string of the molecule is CN(C)Cc1cncc(-c2cc3c(-c4cc5c(-c6cc(F)cc(OCCN7CCCC7)c6)nccc5[nH]4)n[nH]c3cn2)c1. The third-order valence-corrected chi connectivity index (χ3v) is 7.86. The maximum absolute atomic E-state index is 14.8. The topological polar surface area (TPSA) is 98.9 Å². The number of hydrogen-bond donors (Lipinski definition) is 2. The van der Waals surface area contributed by atoms with Gasteiger partial charge in [-0.1, -0.05) is 0 Å².